The Bertz CT molecular complexity index is 128. The Morgan fingerprint density at radius 1 is 1.50 bits per heavy atom. The van der Waals surface area contributed by atoms with Crippen LogP contribution in [0.1, 0.15) is 27.2 Å². The number of methoxy groups -OCH3 is 1. The van der Waals surface area contributed by atoms with Crippen LogP contribution in [-0.4, -0.2) is 25.2 Å². The molecule has 0 aromatic carbocycles. The number of hydrogen-bond acceptors (Lipinski definition) is 3. The second-order valence-electron chi connectivity index (χ2n) is 2.81. The maximum Gasteiger partial charge on any atom is 0.322 e. The Balaban J connectivity index is 0. The van der Waals surface area contributed by atoms with E-state index in [9.17, 15) is 4.79 Å². The zero-order chi connectivity index (χ0) is 8.85. The van der Waals surface area contributed by atoms with Crippen molar-refractivity contribution >= 4 is 18.4 Å². The maximum absolute atomic E-state index is 11.0. The molecule has 3 nitrogen and oxygen atoms in total. The van der Waals surface area contributed by atoms with Crippen LogP contribution in [0.5, 0.6) is 0 Å². The number of nitrogens with one attached hydrogen (secondary N) is 1. The van der Waals surface area contributed by atoms with Crippen LogP contribution in [0, 0.1) is 0 Å². The topological polar surface area (TPSA) is 38.3 Å². The van der Waals surface area contributed by atoms with Crippen molar-refractivity contribution in [3.05, 3.63) is 0 Å². The van der Waals surface area contributed by atoms with E-state index >= 15 is 0 Å². The molecule has 0 radical (unpaired) electrons. The molecule has 0 rings (SSSR count). The van der Waals surface area contributed by atoms with Crippen LogP contribution >= 0.6 is 12.4 Å². The van der Waals surface area contributed by atoms with Gasteiger partial charge in [-0.3, -0.25) is 4.79 Å². The molecule has 1 unspecified atom stereocenters. The SMILES string of the molecule is CCC(NC(C)C)C(=O)OC.Cl. The van der Waals surface area contributed by atoms with Crippen LogP contribution in [0.4, 0.5) is 0 Å². The molecule has 4 heteroatoms. The molecular formula is C8H18ClNO2. The molecule has 0 aliphatic heterocycles. The molecule has 0 fully saturated rings. The Labute approximate surface area is 80.3 Å². The molecule has 0 saturated carbocycles. The quantitative estimate of drug-likeness (QED) is 0.689. The Morgan fingerprint density at radius 2 is 2.00 bits per heavy atom. The summed E-state index contributed by atoms with van der Waals surface area (Å²) in [4.78, 5) is 11.0. The molecule has 0 aromatic rings. The zero-order valence-corrected chi connectivity index (χ0v) is 8.90. The predicted molar refractivity (Wildman–Crippen MR) is 51.6 cm³/mol. The fourth-order valence-electron chi connectivity index (χ4n) is 0.897. The number of hydrogen-bond donors (Lipinski definition) is 1. The highest BCUT2D eigenvalue weighted by Gasteiger charge is 2.16. The van der Waals surface area contributed by atoms with Crippen molar-refractivity contribution in [3.63, 3.8) is 0 Å². The Kier molecular flexibility index (Phi) is 8.76. The number of esters is 1. The largest absolute Gasteiger partial charge is 0.468 e. The average molecular weight is 196 g/mol. The lowest BCUT2D eigenvalue weighted by Gasteiger charge is -2.16. The molecule has 0 aromatic heterocycles. The van der Waals surface area contributed by atoms with Gasteiger partial charge in [-0.15, -0.1) is 12.4 Å². The van der Waals surface area contributed by atoms with Crippen LogP contribution in [0.15, 0.2) is 0 Å². The van der Waals surface area contributed by atoms with E-state index in [0.29, 0.717) is 6.04 Å². The van der Waals surface area contributed by atoms with E-state index in [-0.39, 0.29) is 24.4 Å². The Hall–Kier alpha value is -0.280. The number of halogens is 1. The highest BCUT2D eigenvalue weighted by molar-refractivity contribution is 5.85. The molecule has 1 atom stereocenters. The fraction of sp³-hybridized carbons (Fsp3) is 0.875. The molecule has 0 spiro atoms. The summed E-state index contributed by atoms with van der Waals surface area (Å²) in [5.41, 5.74) is 0. The van der Waals surface area contributed by atoms with E-state index in [1.165, 1.54) is 7.11 Å². The maximum atomic E-state index is 11.0. The van der Waals surface area contributed by atoms with Crippen LogP contribution in [0.25, 0.3) is 0 Å². The lowest BCUT2D eigenvalue weighted by Crippen LogP contribution is -2.40. The third-order valence-electron chi connectivity index (χ3n) is 1.43. The van der Waals surface area contributed by atoms with Gasteiger partial charge in [-0.2, -0.15) is 0 Å². The lowest BCUT2D eigenvalue weighted by atomic mass is 10.2. The van der Waals surface area contributed by atoms with Crippen molar-refractivity contribution < 1.29 is 9.53 Å². The van der Waals surface area contributed by atoms with E-state index in [4.69, 9.17) is 0 Å². The highest BCUT2D eigenvalue weighted by atomic mass is 35.5. The van der Waals surface area contributed by atoms with Gasteiger partial charge < -0.3 is 10.1 Å². The monoisotopic (exact) mass is 195 g/mol. The molecule has 0 aliphatic rings. The standard InChI is InChI=1S/C8H17NO2.ClH/c1-5-7(8(10)11-4)9-6(2)3;/h6-7,9H,5H2,1-4H3;1H. The van der Waals surface area contributed by atoms with Crippen molar-refractivity contribution in [3.8, 4) is 0 Å². The Morgan fingerprint density at radius 3 is 2.25 bits per heavy atom. The van der Waals surface area contributed by atoms with E-state index in [2.05, 4.69) is 10.1 Å². The smallest absolute Gasteiger partial charge is 0.322 e. The lowest BCUT2D eigenvalue weighted by molar-refractivity contribution is -0.143. The summed E-state index contributed by atoms with van der Waals surface area (Å²) in [6.45, 7) is 5.97. The molecular weight excluding hydrogens is 178 g/mol. The summed E-state index contributed by atoms with van der Waals surface area (Å²) in [5.74, 6) is -0.179. The summed E-state index contributed by atoms with van der Waals surface area (Å²) in [6.07, 6.45) is 0.769. The van der Waals surface area contributed by atoms with Gasteiger partial charge in [-0.25, -0.2) is 0 Å². The van der Waals surface area contributed by atoms with Gasteiger partial charge in [0.25, 0.3) is 0 Å². The first-order valence-electron chi connectivity index (χ1n) is 3.95. The van der Waals surface area contributed by atoms with Crippen molar-refractivity contribution in [2.45, 2.75) is 39.3 Å². The molecule has 0 heterocycles. The van der Waals surface area contributed by atoms with Crippen molar-refractivity contribution in [2.75, 3.05) is 7.11 Å². The minimum atomic E-state index is -0.179. The molecule has 0 bridgehead atoms. The van der Waals surface area contributed by atoms with E-state index in [0.717, 1.165) is 6.42 Å². The second-order valence-corrected chi connectivity index (χ2v) is 2.81. The third kappa shape index (κ3) is 5.38. The van der Waals surface area contributed by atoms with Crippen molar-refractivity contribution in [1.29, 1.82) is 0 Å². The number of carbonyl (C=O) groups excluding carboxylic acids is 1. The van der Waals surface area contributed by atoms with E-state index in [1.54, 1.807) is 0 Å². The van der Waals surface area contributed by atoms with Gasteiger partial charge >= 0.3 is 5.97 Å². The van der Waals surface area contributed by atoms with Gasteiger partial charge in [0.15, 0.2) is 0 Å². The van der Waals surface area contributed by atoms with Crippen LogP contribution in [0.3, 0.4) is 0 Å². The van der Waals surface area contributed by atoms with Crippen LogP contribution < -0.4 is 5.32 Å². The van der Waals surface area contributed by atoms with Gasteiger partial charge in [0, 0.05) is 6.04 Å². The van der Waals surface area contributed by atoms with Gasteiger partial charge in [-0.05, 0) is 6.42 Å². The summed E-state index contributed by atoms with van der Waals surface area (Å²) in [6, 6.07) is 0.166. The summed E-state index contributed by atoms with van der Waals surface area (Å²) < 4.78 is 4.60. The molecule has 74 valence electrons. The molecule has 0 saturated heterocycles. The van der Waals surface area contributed by atoms with Crippen molar-refractivity contribution in [1.82, 2.24) is 5.32 Å². The minimum absolute atomic E-state index is 0. The normalized spacial score (nSPS) is 12.1. The average Bonchev–Trinajstić information content (AvgIpc) is 1.98. The highest BCUT2D eigenvalue weighted by Crippen LogP contribution is 1.95. The summed E-state index contributed by atoms with van der Waals surface area (Å²) >= 11 is 0. The van der Waals surface area contributed by atoms with Gasteiger partial charge in [-0.1, -0.05) is 20.8 Å². The van der Waals surface area contributed by atoms with Crippen molar-refractivity contribution in [2.24, 2.45) is 0 Å². The van der Waals surface area contributed by atoms with Crippen LogP contribution in [-0.2, 0) is 9.53 Å². The number of rotatable bonds is 4. The molecule has 0 aliphatic carbocycles. The predicted octanol–water partition coefficient (Wildman–Crippen LogP) is 1.36. The van der Waals surface area contributed by atoms with Gasteiger partial charge in [0.1, 0.15) is 6.04 Å². The zero-order valence-electron chi connectivity index (χ0n) is 8.09. The first-order chi connectivity index (χ1) is 5.11. The summed E-state index contributed by atoms with van der Waals surface area (Å²) in [7, 11) is 1.41. The first kappa shape index (κ1) is 14.3. The van der Waals surface area contributed by atoms with Gasteiger partial charge in [0.2, 0.25) is 0 Å². The third-order valence-corrected chi connectivity index (χ3v) is 1.43. The number of carbonyl (C=O) groups is 1. The molecule has 0 amide bonds. The first-order valence-corrected chi connectivity index (χ1v) is 3.95. The second kappa shape index (κ2) is 7.37. The van der Waals surface area contributed by atoms with E-state index < -0.39 is 0 Å². The summed E-state index contributed by atoms with van der Waals surface area (Å²) in [5, 5.41) is 3.11. The minimum Gasteiger partial charge on any atom is -0.468 e. The van der Waals surface area contributed by atoms with E-state index in [1.807, 2.05) is 20.8 Å². The molecule has 12 heavy (non-hydrogen) atoms. The molecule has 1 N–H and O–H groups in total. The number of ether oxygens (including phenoxy) is 1. The van der Waals surface area contributed by atoms with Crippen LogP contribution in [0.2, 0.25) is 0 Å². The fourth-order valence-corrected chi connectivity index (χ4v) is 0.897. The van der Waals surface area contributed by atoms with Gasteiger partial charge in [0.05, 0.1) is 7.11 Å².